The molecule has 8 heteroatoms. The number of hydrogen-bond donors (Lipinski definition) is 1. The first-order chi connectivity index (χ1) is 15.8. The lowest BCUT2D eigenvalue weighted by atomic mass is 9.98. The van der Waals surface area contributed by atoms with Crippen LogP contribution in [0.5, 0.6) is 11.5 Å². The quantitative estimate of drug-likeness (QED) is 0.603. The van der Waals surface area contributed by atoms with Crippen molar-refractivity contribution in [2.45, 2.75) is 63.2 Å². The number of carbonyl (C=O) groups excluding carboxylic acids is 1. The van der Waals surface area contributed by atoms with Crippen molar-refractivity contribution in [1.82, 2.24) is 0 Å². The van der Waals surface area contributed by atoms with E-state index < -0.39 is 15.3 Å². The van der Waals surface area contributed by atoms with Crippen LogP contribution in [-0.4, -0.2) is 39.3 Å². The van der Waals surface area contributed by atoms with Crippen LogP contribution in [0, 0.1) is 0 Å². The van der Waals surface area contributed by atoms with Crippen LogP contribution in [0.4, 0.5) is 11.4 Å². The van der Waals surface area contributed by atoms with Gasteiger partial charge in [-0.15, -0.1) is 0 Å². The van der Waals surface area contributed by atoms with E-state index in [1.807, 2.05) is 24.3 Å². The Morgan fingerprint density at radius 2 is 1.82 bits per heavy atom. The lowest BCUT2D eigenvalue weighted by Gasteiger charge is -2.20. The molecule has 1 aliphatic carbocycles. The number of nitrogens with one attached hydrogen (secondary N) is 1. The summed E-state index contributed by atoms with van der Waals surface area (Å²) in [7, 11) is -1.82. The minimum Gasteiger partial charge on any atom is -0.493 e. The number of hydrogen-bond acceptors (Lipinski definition) is 5. The van der Waals surface area contributed by atoms with E-state index in [9.17, 15) is 13.2 Å². The third-order valence-corrected chi connectivity index (χ3v) is 8.18. The monoisotopic (exact) mass is 472 g/mol. The van der Waals surface area contributed by atoms with E-state index in [0.29, 0.717) is 30.1 Å². The molecule has 178 valence electrons. The van der Waals surface area contributed by atoms with Gasteiger partial charge < -0.3 is 14.4 Å². The van der Waals surface area contributed by atoms with Crippen molar-refractivity contribution in [2.24, 2.45) is 0 Å². The van der Waals surface area contributed by atoms with E-state index in [-0.39, 0.29) is 17.9 Å². The van der Waals surface area contributed by atoms with Crippen molar-refractivity contribution in [3.63, 3.8) is 0 Å². The molecule has 2 aromatic rings. The molecule has 0 aromatic heterocycles. The van der Waals surface area contributed by atoms with Crippen molar-refractivity contribution in [2.75, 3.05) is 23.3 Å². The summed E-state index contributed by atoms with van der Waals surface area (Å²) in [6.45, 7) is 3.77. The molecule has 1 atom stereocenters. The Morgan fingerprint density at radius 3 is 2.52 bits per heavy atom. The fourth-order valence-corrected chi connectivity index (χ4v) is 5.12. The average Bonchev–Trinajstić information content (AvgIpc) is 3.43. The molecular weight excluding hydrogens is 440 g/mol. The fraction of sp³-hybridized carbons (Fsp3) is 0.480. The zero-order chi connectivity index (χ0) is 23.6. The van der Waals surface area contributed by atoms with Crippen LogP contribution in [0.25, 0.3) is 0 Å². The van der Waals surface area contributed by atoms with Crippen LogP contribution in [-0.2, 0) is 14.8 Å². The zero-order valence-corrected chi connectivity index (χ0v) is 20.2. The maximum Gasteiger partial charge on any atom is 0.235 e. The minimum atomic E-state index is -3.46. The van der Waals surface area contributed by atoms with Crippen LogP contribution in [0.2, 0.25) is 0 Å². The molecule has 1 N–H and O–H groups in total. The van der Waals surface area contributed by atoms with Crippen LogP contribution in [0.3, 0.4) is 0 Å². The molecule has 0 spiro atoms. The second-order valence-electron chi connectivity index (χ2n) is 9.09. The maximum atomic E-state index is 12.9. The van der Waals surface area contributed by atoms with Gasteiger partial charge in [0.2, 0.25) is 15.9 Å². The van der Waals surface area contributed by atoms with Crippen molar-refractivity contribution in [3.8, 4) is 11.5 Å². The molecule has 1 aliphatic heterocycles. The highest BCUT2D eigenvalue weighted by Gasteiger charge is 2.32. The largest absolute Gasteiger partial charge is 0.493 e. The van der Waals surface area contributed by atoms with Crippen LogP contribution in [0.15, 0.2) is 42.5 Å². The van der Waals surface area contributed by atoms with Gasteiger partial charge in [-0.25, -0.2) is 8.42 Å². The molecule has 33 heavy (non-hydrogen) atoms. The highest BCUT2D eigenvalue weighted by molar-refractivity contribution is 7.93. The van der Waals surface area contributed by atoms with Crippen molar-refractivity contribution in [1.29, 1.82) is 0 Å². The Hall–Kier alpha value is -2.74. The van der Waals surface area contributed by atoms with E-state index in [4.69, 9.17) is 9.47 Å². The third-order valence-electron chi connectivity index (χ3n) is 6.42. The SMILES string of the molecule is COc1ccc(C2CC(=O)N(c3cccc(NS(=O)(=O)C(C)C)c3)C2)cc1OC1CCCC1. The van der Waals surface area contributed by atoms with Gasteiger partial charge >= 0.3 is 0 Å². The smallest absolute Gasteiger partial charge is 0.235 e. The molecule has 1 heterocycles. The normalized spacial score (nSPS) is 19.3. The molecule has 7 nitrogen and oxygen atoms in total. The highest BCUT2D eigenvalue weighted by Crippen LogP contribution is 2.38. The zero-order valence-electron chi connectivity index (χ0n) is 19.4. The third kappa shape index (κ3) is 5.27. The number of methoxy groups -OCH3 is 1. The van der Waals surface area contributed by atoms with Gasteiger partial charge in [0, 0.05) is 24.6 Å². The summed E-state index contributed by atoms with van der Waals surface area (Å²) < 4.78 is 38.8. The Balaban J connectivity index is 1.52. The molecule has 0 radical (unpaired) electrons. The Bertz CT molecular complexity index is 1110. The summed E-state index contributed by atoms with van der Waals surface area (Å²) in [5, 5.41) is -0.547. The van der Waals surface area contributed by atoms with Crippen LogP contribution < -0.4 is 19.1 Å². The molecular formula is C25H32N2O5S. The summed E-state index contributed by atoms with van der Waals surface area (Å²) >= 11 is 0. The number of benzene rings is 2. The van der Waals surface area contributed by atoms with Gasteiger partial charge in [0.25, 0.3) is 0 Å². The number of carbonyl (C=O) groups is 1. The molecule has 4 rings (SSSR count). The molecule has 0 bridgehead atoms. The molecule has 2 fully saturated rings. The minimum absolute atomic E-state index is 0.0120. The Labute approximate surface area is 196 Å². The molecule has 1 saturated carbocycles. The summed E-state index contributed by atoms with van der Waals surface area (Å²) in [5.41, 5.74) is 2.17. The standard InChI is InChI=1S/C25H32N2O5S/c1-17(2)33(29,30)26-20-7-6-8-21(15-20)27-16-19(14-25(27)28)18-11-12-23(31-3)24(13-18)32-22-9-4-5-10-22/h6-8,11-13,15,17,19,22,26H,4-5,9-10,14,16H2,1-3H3. The van der Waals surface area contributed by atoms with Gasteiger partial charge in [-0.3, -0.25) is 9.52 Å². The van der Waals surface area contributed by atoms with Gasteiger partial charge in [0.05, 0.1) is 24.2 Å². The first-order valence-corrected chi connectivity index (χ1v) is 13.1. The topological polar surface area (TPSA) is 84.9 Å². The second kappa shape index (κ2) is 9.63. The van der Waals surface area contributed by atoms with Crippen LogP contribution >= 0.6 is 0 Å². The number of anilines is 2. The van der Waals surface area contributed by atoms with Crippen molar-refractivity contribution < 1.29 is 22.7 Å². The van der Waals surface area contributed by atoms with E-state index in [2.05, 4.69) is 4.72 Å². The number of sulfonamides is 1. The van der Waals surface area contributed by atoms with Gasteiger partial charge in [-0.1, -0.05) is 12.1 Å². The van der Waals surface area contributed by atoms with Gasteiger partial charge in [-0.05, 0) is 75.4 Å². The van der Waals surface area contributed by atoms with E-state index in [1.165, 1.54) is 12.8 Å². The number of ether oxygens (including phenoxy) is 2. The molecule has 1 saturated heterocycles. The predicted molar refractivity (Wildman–Crippen MR) is 130 cm³/mol. The summed E-state index contributed by atoms with van der Waals surface area (Å²) in [5.74, 6) is 1.47. The van der Waals surface area contributed by atoms with Gasteiger partial charge in [0.15, 0.2) is 11.5 Å². The van der Waals surface area contributed by atoms with E-state index in [1.54, 1.807) is 44.1 Å². The summed E-state index contributed by atoms with van der Waals surface area (Å²) in [6.07, 6.45) is 5.08. The molecule has 2 aromatic carbocycles. The lowest BCUT2D eigenvalue weighted by molar-refractivity contribution is -0.117. The molecule has 1 amide bonds. The molecule has 1 unspecified atom stereocenters. The first kappa shape index (κ1) is 23.4. The van der Waals surface area contributed by atoms with Crippen molar-refractivity contribution in [3.05, 3.63) is 48.0 Å². The van der Waals surface area contributed by atoms with E-state index in [0.717, 1.165) is 24.2 Å². The Kier molecular flexibility index (Phi) is 6.83. The van der Waals surface area contributed by atoms with E-state index >= 15 is 0 Å². The number of amides is 1. The summed E-state index contributed by atoms with van der Waals surface area (Å²) in [6, 6.07) is 12.9. The predicted octanol–water partition coefficient (Wildman–Crippen LogP) is 4.69. The maximum absolute atomic E-state index is 12.9. The Morgan fingerprint density at radius 1 is 1.06 bits per heavy atom. The lowest BCUT2D eigenvalue weighted by Crippen LogP contribution is -2.25. The van der Waals surface area contributed by atoms with Crippen LogP contribution in [0.1, 0.15) is 57.4 Å². The first-order valence-electron chi connectivity index (χ1n) is 11.5. The van der Waals surface area contributed by atoms with Gasteiger partial charge in [-0.2, -0.15) is 0 Å². The highest BCUT2D eigenvalue weighted by atomic mass is 32.2. The van der Waals surface area contributed by atoms with Crippen molar-refractivity contribution >= 4 is 27.3 Å². The number of nitrogens with zero attached hydrogens (tertiary/aromatic N) is 1. The van der Waals surface area contributed by atoms with Gasteiger partial charge in [0.1, 0.15) is 0 Å². The average molecular weight is 473 g/mol. The summed E-state index contributed by atoms with van der Waals surface area (Å²) in [4.78, 5) is 14.6. The second-order valence-corrected chi connectivity index (χ2v) is 11.3. The fourth-order valence-electron chi connectivity index (χ4n) is 4.42. The number of rotatable bonds is 8. The molecule has 2 aliphatic rings.